The lowest BCUT2D eigenvalue weighted by molar-refractivity contribution is -0.114. The number of carbonyl (C=O) groups excluding carboxylic acids is 1. The summed E-state index contributed by atoms with van der Waals surface area (Å²) in [7, 11) is 0. The van der Waals surface area contributed by atoms with Crippen LogP contribution in [-0.2, 0) is 9.53 Å². The molecule has 0 bridgehead atoms. The number of morpholine rings is 1. The van der Waals surface area contributed by atoms with E-state index >= 15 is 0 Å². The highest BCUT2D eigenvalue weighted by Crippen LogP contribution is 2.31. The Balaban J connectivity index is 0.00000256. The van der Waals surface area contributed by atoms with E-state index in [1.165, 1.54) is 0 Å². The zero-order valence-corrected chi connectivity index (χ0v) is 19.4. The molecule has 30 heavy (non-hydrogen) atoms. The normalized spacial score (nSPS) is 14.8. The van der Waals surface area contributed by atoms with E-state index in [0.29, 0.717) is 6.54 Å². The number of thiazole rings is 1. The molecule has 1 aromatic carbocycles. The number of hydrogen-bond donors (Lipinski definition) is 0. The van der Waals surface area contributed by atoms with Gasteiger partial charge in [-0.2, -0.15) is 0 Å². The quantitative estimate of drug-likeness (QED) is 0.469. The molecule has 0 saturated carbocycles. The monoisotopic (exact) mass is 463 g/mol. The number of ether oxygens (including phenoxy) is 1. The van der Waals surface area contributed by atoms with Crippen molar-refractivity contribution in [3.8, 4) is 0 Å². The third kappa shape index (κ3) is 5.68. The minimum absolute atomic E-state index is 0. The summed E-state index contributed by atoms with van der Waals surface area (Å²) >= 11 is 3.21. The molecule has 3 aromatic rings. The number of anilines is 1. The second-order valence-corrected chi connectivity index (χ2v) is 9.05. The van der Waals surface area contributed by atoms with Gasteiger partial charge in [-0.05, 0) is 42.5 Å². The van der Waals surface area contributed by atoms with Gasteiger partial charge in [0.1, 0.15) is 0 Å². The predicted molar refractivity (Wildman–Crippen MR) is 129 cm³/mol. The maximum atomic E-state index is 13.1. The van der Waals surface area contributed by atoms with Gasteiger partial charge in [0.05, 0.1) is 23.4 Å². The Morgan fingerprint density at radius 1 is 1.27 bits per heavy atom. The Kier molecular flexibility index (Phi) is 8.41. The highest BCUT2D eigenvalue weighted by atomic mass is 35.5. The number of fused-ring (bicyclic) bond motifs is 1. The molecular weight excluding hydrogens is 438 g/mol. The van der Waals surface area contributed by atoms with Gasteiger partial charge in [-0.25, -0.2) is 4.98 Å². The Morgan fingerprint density at radius 2 is 2.10 bits per heavy atom. The molecule has 0 unspecified atom stereocenters. The van der Waals surface area contributed by atoms with Crippen LogP contribution < -0.4 is 4.90 Å². The molecule has 0 spiro atoms. The molecule has 1 aliphatic rings. The van der Waals surface area contributed by atoms with Gasteiger partial charge in [-0.1, -0.05) is 29.5 Å². The van der Waals surface area contributed by atoms with Gasteiger partial charge in [0, 0.05) is 37.1 Å². The van der Waals surface area contributed by atoms with Crippen molar-refractivity contribution >= 4 is 62.4 Å². The van der Waals surface area contributed by atoms with Crippen molar-refractivity contribution < 1.29 is 9.53 Å². The summed E-state index contributed by atoms with van der Waals surface area (Å²) in [5.41, 5.74) is 2.13. The number of aryl methyl sites for hydroxylation is 1. The van der Waals surface area contributed by atoms with Gasteiger partial charge in [-0.3, -0.25) is 14.6 Å². The van der Waals surface area contributed by atoms with E-state index in [9.17, 15) is 4.79 Å². The van der Waals surface area contributed by atoms with Crippen molar-refractivity contribution in [2.75, 3.05) is 44.3 Å². The Labute approximate surface area is 191 Å². The molecule has 1 amide bonds. The van der Waals surface area contributed by atoms with E-state index in [1.807, 2.05) is 34.6 Å². The van der Waals surface area contributed by atoms with Crippen molar-refractivity contribution in [2.45, 2.75) is 13.3 Å². The molecule has 1 aliphatic heterocycles. The Morgan fingerprint density at radius 3 is 2.83 bits per heavy atom. The minimum atomic E-state index is -0.0166. The number of aromatic nitrogens is 1. The molecule has 0 atom stereocenters. The first-order valence-electron chi connectivity index (χ1n) is 9.90. The topological polar surface area (TPSA) is 45.7 Å². The average Bonchev–Trinajstić information content (AvgIpc) is 3.41. The lowest BCUT2D eigenvalue weighted by Gasteiger charge is -2.27. The van der Waals surface area contributed by atoms with Crippen LogP contribution in [0.2, 0.25) is 0 Å². The molecule has 4 rings (SSSR count). The lowest BCUT2D eigenvalue weighted by atomic mass is 10.2. The van der Waals surface area contributed by atoms with E-state index in [0.717, 1.165) is 65.1 Å². The maximum Gasteiger partial charge on any atom is 0.252 e. The second kappa shape index (κ2) is 11.0. The third-order valence-corrected chi connectivity index (χ3v) is 6.88. The largest absolute Gasteiger partial charge is 0.379 e. The number of halogens is 1. The Bertz CT molecular complexity index is 982. The van der Waals surface area contributed by atoms with Gasteiger partial charge < -0.3 is 4.74 Å². The van der Waals surface area contributed by atoms with Crippen LogP contribution in [0, 0.1) is 6.92 Å². The third-order valence-electron chi connectivity index (χ3n) is 5.00. The fourth-order valence-corrected chi connectivity index (χ4v) is 5.09. The molecule has 0 radical (unpaired) electrons. The number of amides is 1. The number of carbonyl (C=O) groups is 1. The van der Waals surface area contributed by atoms with Crippen LogP contribution in [0.4, 0.5) is 5.13 Å². The summed E-state index contributed by atoms with van der Waals surface area (Å²) in [5, 5.41) is 2.79. The summed E-state index contributed by atoms with van der Waals surface area (Å²) in [4.78, 5) is 23.2. The van der Waals surface area contributed by atoms with E-state index in [1.54, 1.807) is 28.7 Å². The van der Waals surface area contributed by atoms with Crippen LogP contribution >= 0.6 is 35.1 Å². The zero-order valence-electron chi connectivity index (χ0n) is 17.0. The van der Waals surface area contributed by atoms with Crippen LogP contribution in [0.1, 0.15) is 16.9 Å². The molecule has 1 saturated heterocycles. The predicted octanol–water partition coefficient (Wildman–Crippen LogP) is 4.86. The molecule has 160 valence electrons. The number of para-hydroxylation sites is 1. The van der Waals surface area contributed by atoms with Gasteiger partial charge in [0.15, 0.2) is 5.13 Å². The standard InChI is InChI=1S/C22H25N3O2S2.ClH/c1-17-5-2-7-19-21(17)23-22(29-19)25(11-4-10-24-12-14-27-15-13-24)20(26)9-8-18-6-3-16-28-18;/h2-3,5-9,16H,4,10-15H2,1H3;1H/b9-8+;. The number of rotatable bonds is 7. The molecule has 0 aliphatic carbocycles. The molecule has 5 nitrogen and oxygen atoms in total. The van der Waals surface area contributed by atoms with Crippen molar-refractivity contribution in [1.29, 1.82) is 0 Å². The van der Waals surface area contributed by atoms with Crippen LogP contribution in [-0.4, -0.2) is 55.2 Å². The molecule has 3 heterocycles. The van der Waals surface area contributed by atoms with Crippen LogP contribution in [0.5, 0.6) is 0 Å². The van der Waals surface area contributed by atoms with Gasteiger partial charge in [0.2, 0.25) is 0 Å². The summed E-state index contributed by atoms with van der Waals surface area (Å²) in [5.74, 6) is -0.0166. The van der Waals surface area contributed by atoms with E-state index in [-0.39, 0.29) is 18.3 Å². The van der Waals surface area contributed by atoms with Crippen LogP contribution in [0.15, 0.2) is 41.8 Å². The van der Waals surface area contributed by atoms with E-state index < -0.39 is 0 Å². The summed E-state index contributed by atoms with van der Waals surface area (Å²) in [6, 6.07) is 10.2. The number of hydrogen-bond acceptors (Lipinski definition) is 6. The molecule has 2 aromatic heterocycles. The van der Waals surface area contributed by atoms with Crippen LogP contribution in [0.3, 0.4) is 0 Å². The van der Waals surface area contributed by atoms with Crippen molar-refractivity contribution in [2.24, 2.45) is 0 Å². The van der Waals surface area contributed by atoms with Gasteiger partial charge in [0.25, 0.3) is 5.91 Å². The summed E-state index contributed by atoms with van der Waals surface area (Å²) in [6.07, 6.45) is 4.47. The minimum Gasteiger partial charge on any atom is -0.379 e. The van der Waals surface area contributed by atoms with E-state index in [2.05, 4.69) is 24.0 Å². The molecule has 0 N–H and O–H groups in total. The smallest absolute Gasteiger partial charge is 0.252 e. The van der Waals surface area contributed by atoms with Crippen molar-refractivity contribution in [1.82, 2.24) is 9.88 Å². The van der Waals surface area contributed by atoms with Crippen molar-refractivity contribution in [3.05, 3.63) is 52.2 Å². The van der Waals surface area contributed by atoms with Gasteiger partial charge >= 0.3 is 0 Å². The van der Waals surface area contributed by atoms with E-state index in [4.69, 9.17) is 9.72 Å². The maximum absolute atomic E-state index is 13.1. The SMILES string of the molecule is Cc1cccc2sc(N(CCCN3CCOCC3)C(=O)/C=C/c3cccs3)nc12.Cl. The summed E-state index contributed by atoms with van der Waals surface area (Å²) in [6.45, 7) is 7.20. The number of thiophene rings is 1. The molecule has 8 heteroatoms. The van der Waals surface area contributed by atoms with Gasteiger partial charge in [-0.15, -0.1) is 23.7 Å². The first-order chi connectivity index (χ1) is 14.2. The fraction of sp³-hybridized carbons (Fsp3) is 0.364. The van der Waals surface area contributed by atoms with Crippen LogP contribution in [0.25, 0.3) is 16.3 Å². The Hall–Kier alpha value is -1.77. The van der Waals surface area contributed by atoms with Crippen molar-refractivity contribution in [3.63, 3.8) is 0 Å². The highest BCUT2D eigenvalue weighted by molar-refractivity contribution is 7.22. The second-order valence-electron chi connectivity index (χ2n) is 7.06. The first-order valence-corrected chi connectivity index (χ1v) is 11.6. The number of benzene rings is 1. The molecular formula is C22H26ClN3O2S2. The average molecular weight is 464 g/mol. The fourth-order valence-electron chi connectivity index (χ4n) is 3.40. The molecule has 1 fully saturated rings. The highest BCUT2D eigenvalue weighted by Gasteiger charge is 2.19. The first kappa shape index (κ1) is 22.9. The summed E-state index contributed by atoms with van der Waals surface area (Å²) < 4.78 is 6.54. The zero-order chi connectivity index (χ0) is 20.1. The number of nitrogens with zero attached hydrogens (tertiary/aromatic N) is 3. The lowest BCUT2D eigenvalue weighted by Crippen LogP contribution is -2.39.